The Morgan fingerprint density at radius 1 is 1.30 bits per heavy atom. The predicted molar refractivity (Wildman–Crippen MR) is 81.5 cm³/mol. The van der Waals surface area contributed by atoms with Gasteiger partial charge in [-0.15, -0.1) is 0 Å². The van der Waals surface area contributed by atoms with Crippen LogP contribution in [0.1, 0.15) is 5.56 Å². The molecule has 3 nitrogen and oxygen atoms in total. The van der Waals surface area contributed by atoms with Crippen molar-refractivity contribution in [1.29, 1.82) is 5.26 Å². The average molecular weight is 348 g/mol. The molecule has 0 atom stereocenters. The van der Waals surface area contributed by atoms with Crippen LogP contribution in [0.3, 0.4) is 0 Å². The monoisotopic (exact) mass is 346 g/mol. The van der Waals surface area contributed by atoms with Crippen LogP contribution in [-0.2, 0) is 6.42 Å². The van der Waals surface area contributed by atoms with Crippen LogP contribution in [0.2, 0.25) is 5.02 Å². The van der Waals surface area contributed by atoms with Gasteiger partial charge in [-0.2, -0.15) is 5.26 Å². The number of nitrogens with zero attached hydrogens (tertiary/aromatic N) is 2. The van der Waals surface area contributed by atoms with Crippen molar-refractivity contribution >= 4 is 38.6 Å². The fourth-order valence-electron chi connectivity index (χ4n) is 1.98. The van der Waals surface area contributed by atoms with Crippen molar-refractivity contribution in [3.8, 4) is 17.5 Å². The van der Waals surface area contributed by atoms with E-state index in [0.29, 0.717) is 22.1 Å². The van der Waals surface area contributed by atoms with E-state index in [-0.39, 0.29) is 6.42 Å². The molecule has 98 valence electrons. The van der Waals surface area contributed by atoms with E-state index in [2.05, 4.69) is 27.0 Å². The molecule has 0 aliphatic heterocycles. The second-order valence-electron chi connectivity index (χ2n) is 4.24. The Kier molecular flexibility index (Phi) is 3.47. The van der Waals surface area contributed by atoms with E-state index in [1.54, 1.807) is 0 Å². The number of rotatable bonds is 2. The summed E-state index contributed by atoms with van der Waals surface area (Å²) >= 11 is 9.72. The maximum absolute atomic E-state index is 8.80. The lowest BCUT2D eigenvalue weighted by Crippen LogP contribution is -1.87. The van der Waals surface area contributed by atoms with Crippen LogP contribution in [0.25, 0.3) is 22.6 Å². The van der Waals surface area contributed by atoms with Crippen LogP contribution in [-0.4, -0.2) is 4.98 Å². The zero-order chi connectivity index (χ0) is 14.1. The van der Waals surface area contributed by atoms with Crippen LogP contribution in [0.4, 0.5) is 0 Å². The fraction of sp³-hybridized carbons (Fsp3) is 0.0667. The summed E-state index contributed by atoms with van der Waals surface area (Å²) in [5.41, 5.74) is 2.93. The highest BCUT2D eigenvalue weighted by molar-refractivity contribution is 9.10. The van der Waals surface area contributed by atoms with Crippen LogP contribution < -0.4 is 0 Å². The van der Waals surface area contributed by atoms with Crippen molar-refractivity contribution in [1.82, 2.24) is 4.98 Å². The molecule has 0 saturated heterocycles. The van der Waals surface area contributed by atoms with Gasteiger partial charge in [-0.3, -0.25) is 0 Å². The van der Waals surface area contributed by atoms with Gasteiger partial charge >= 0.3 is 0 Å². The number of hydrogen-bond donors (Lipinski definition) is 0. The summed E-state index contributed by atoms with van der Waals surface area (Å²) in [7, 11) is 0. The van der Waals surface area contributed by atoms with E-state index in [0.717, 1.165) is 15.6 Å². The third-order valence-electron chi connectivity index (χ3n) is 2.93. The van der Waals surface area contributed by atoms with Gasteiger partial charge in [0.25, 0.3) is 0 Å². The normalized spacial score (nSPS) is 10.7. The molecule has 0 amide bonds. The standard InChI is InChI=1S/C15H8BrClN2O/c16-10-4-5-13-12(8-10)19-15(20-13)11-3-1-2-9(6-7-18)14(11)17/h1-5,8H,6H2. The summed E-state index contributed by atoms with van der Waals surface area (Å²) < 4.78 is 6.66. The van der Waals surface area contributed by atoms with Crippen molar-refractivity contribution in [2.24, 2.45) is 0 Å². The third-order valence-corrected chi connectivity index (χ3v) is 3.87. The highest BCUT2D eigenvalue weighted by atomic mass is 79.9. The van der Waals surface area contributed by atoms with Gasteiger partial charge in [0.05, 0.1) is 23.1 Å². The molecule has 20 heavy (non-hydrogen) atoms. The molecule has 0 fully saturated rings. The van der Waals surface area contributed by atoms with E-state index in [1.807, 2.05) is 36.4 Å². The van der Waals surface area contributed by atoms with Crippen molar-refractivity contribution in [2.45, 2.75) is 6.42 Å². The van der Waals surface area contributed by atoms with Crippen molar-refractivity contribution in [3.63, 3.8) is 0 Å². The molecule has 0 aliphatic carbocycles. The molecule has 0 N–H and O–H groups in total. The third kappa shape index (κ3) is 2.31. The molecule has 2 aromatic carbocycles. The molecule has 0 aliphatic rings. The van der Waals surface area contributed by atoms with Crippen molar-refractivity contribution in [3.05, 3.63) is 51.5 Å². The first-order valence-corrected chi connectivity index (χ1v) is 7.07. The van der Waals surface area contributed by atoms with E-state index < -0.39 is 0 Å². The molecule has 3 aromatic rings. The predicted octanol–water partition coefficient (Wildman–Crippen LogP) is 4.98. The number of benzene rings is 2. The molecule has 0 spiro atoms. The second kappa shape index (κ2) is 5.28. The minimum absolute atomic E-state index is 0.262. The SMILES string of the molecule is N#CCc1cccc(-c2nc3cc(Br)ccc3o2)c1Cl. The Bertz CT molecular complexity index is 835. The molecule has 1 aromatic heterocycles. The number of halogens is 2. The lowest BCUT2D eigenvalue weighted by atomic mass is 10.1. The first kappa shape index (κ1) is 13.2. The van der Waals surface area contributed by atoms with Crippen LogP contribution >= 0.6 is 27.5 Å². The van der Waals surface area contributed by atoms with Crippen LogP contribution in [0, 0.1) is 11.3 Å². The minimum atomic E-state index is 0.262. The summed E-state index contributed by atoms with van der Waals surface area (Å²) in [6.07, 6.45) is 0.262. The number of fused-ring (bicyclic) bond motifs is 1. The van der Waals surface area contributed by atoms with Gasteiger partial charge in [0.15, 0.2) is 5.58 Å². The zero-order valence-corrected chi connectivity index (χ0v) is 12.6. The van der Waals surface area contributed by atoms with Gasteiger partial charge in [0.1, 0.15) is 5.52 Å². The maximum Gasteiger partial charge on any atom is 0.228 e. The molecule has 1 heterocycles. The first-order valence-electron chi connectivity index (χ1n) is 5.90. The zero-order valence-electron chi connectivity index (χ0n) is 10.2. The minimum Gasteiger partial charge on any atom is -0.436 e. The van der Waals surface area contributed by atoms with Crippen molar-refractivity contribution < 1.29 is 4.42 Å². The van der Waals surface area contributed by atoms with Crippen LogP contribution in [0.5, 0.6) is 0 Å². The molecular formula is C15H8BrClN2O. The summed E-state index contributed by atoms with van der Waals surface area (Å²) in [6, 6.07) is 13.2. The number of oxazole rings is 1. The van der Waals surface area contributed by atoms with Gasteiger partial charge in [0, 0.05) is 4.47 Å². The maximum atomic E-state index is 8.80. The van der Waals surface area contributed by atoms with Crippen LogP contribution in [0.15, 0.2) is 45.3 Å². The Morgan fingerprint density at radius 2 is 2.15 bits per heavy atom. The van der Waals surface area contributed by atoms with Gasteiger partial charge in [-0.1, -0.05) is 39.7 Å². The summed E-state index contributed by atoms with van der Waals surface area (Å²) in [5.74, 6) is 0.461. The highest BCUT2D eigenvalue weighted by Crippen LogP contribution is 2.33. The van der Waals surface area contributed by atoms with Gasteiger partial charge in [-0.05, 0) is 29.8 Å². The Hall–Kier alpha value is -1.83. The lowest BCUT2D eigenvalue weighted by Gasteiger charge is -2.03. The summed E-state index contributed by atoms with van der Waals surface area (Å²) in [4.78, 5) is 4.44. The number of nitriles is 1. The molecule has 0 unspecified atom stereocenters. The van der Waals surface area contributed by atoms with Gasteiger partial charge in [-0.25, -0.2) is 4.98 Å². The van der Waals surface area contributed by atoms with Gasteiger partial charge in [0.2, 0.25) is 5.89 Å². The highest BCUT2D eigenvalue weighted by Gasteiger charge is 2.14. The Morgan fingerprint density at radius 3 is 2.95 bits per heavy atom. The molecule has 5 heteroatoms. The second-order valence-corrected chi connectivity index (χ2v) is 5.54. The van der Waals surface area contributed by atoms with Crippen molar-refractivity contribution in [2.75, 3.05) is 0 Å². The lowest BCUT2D eigenvalue weighted by molar-refractivity contribution is 0.620. The molecular weight excluding hydrogens is 340 g/mol. The molecule has 3 rings (SSSR count). The first-order chi connectivity index (χ1) is 9.69. The number of aromatic nitrogens is 1. The topological polar surface area (TPSA) is 49.8 Å². The van der Waals surface area contributed by atoms with E-state index in [4.69, 9.17) is 21.3 Å². The quantitative estimate of drug-likeness (QED) is 0.657. The molecule has 0 saturated carbocycles. The fourth-order valence-corrected chi connectivity index (χ4v) is 2.61. The van der Waals surface area contributed by atoms with Gasteiger partial charge < -0.3 is 4.42 Å². The molecule has 0 bridgehead atoms. The molecule has 0 radical (unpaired) electrons. The Balaban J connectivity index is 2.16. The number of hydrogen-bond acceptors (Lipinski definition) is 3. The van der Waals surface area contributed by atoms with E-state index in [9.17, 15) is 0 Å². The van der Waals surface area contributed by atoms with E-state index >= 15 is 0 Å². The summed E-state index contributed by atoms with van der Waals surface area (Å²) in [6.45, 7) is 0. The largest absolute Gasteiger partial charge is 0.436 e. The Labute approximate surface area is 128 Å². The average Bonchev–Trinajstić information content (AvgIpc) is 2.84. The van der Waals surface area contributed by atoms with E-state index in [1.165, 1.54) is 0 Å². The summed E-state index contributed by atoms with van der Waals surface area (Å²) in [5, 5.41) is 9.31. The smallest absolute Gasteiger partial charge is 0.228 e.